The number of aryl methyl sites for hydroxylation is 4. The first-order chi connectivity index (χ1) is 31.8. The lowest BCUT2D eigenvalue weighted by Crippen LogP contribution is -2.33. The number of aliphatic hydroxyl groups excluding tert-OH is 2. The number of nitrogens with one attached hydrogen (secondary N) is 2. The second kappa shape index (κ2) is 19.5. The van der Waals surface area contributed by atoms with Crippen molar-refractivity contribution < 1.29 is 29.3 Å². The molecule has 14 nitrogen and oxygen atoms in total. The molecule has 6 aromatic rings. The molecule has 2 aromatic heterocycles. The average Bonchev–Trinajstić information content (AvgIpc) is 3.92. The van der Waals surface area contributed by atoms with Gasteiger partial charge in [0.25, 0.3) is 0 Å². The van der Waals surface area contributed by atoms with Gasteiger partial charge in [-0.2, -0.15) is 0 Å². The highest BCUT2D eigenvalue weighted by molar-refractivity contribution is 5.97. The minimum atomic E-state index is -1.10. The molecule has 0 spiro atoms. The summed E-state index contributed by atoms with van der Waals surface area (Å²) >= 11 is 0. The Kier molecular flexibility index (Phi) is 13.6. The summed E-state index contributed by atoms with van der Waals surface area (Å²) in [6.45, 7) is 8.92. The van der Waals surface area contributed by atoms with Crippen LogP contribution in [0.2, 0.25) is 0 Å². The summed E-state index contributed by atoms with van der Waals surface area (Å²) in [5.74, 6) is -2.77. The molecule has 2 heterocycles. The SMILES string of the molecule is CCc1cc2c(cc1CC)CC(NC[C@H](O)c1ccc(OC(=O)/C=C\C(=O)Oc3ccc([C@@H](O)CNC4Cc5cc(CC)c(CC)cc5C4)c4ccc(=O)n([O-])c34)c3c1ccc(=O)n3[O-])C2. The highest BCUT2D eigenvalue weighted by Crippen LogP contribution is 2.34. The first-order valence-electron chi connectivity index (χ1n) is 22.7. The summed E-state index contributed by atoms with van der Waals surface area (Å²) in [6, 6.07) is 19.8. The predicted molar refractivity (Wildman–Crippen MR) is 253 cm³/mol. The number of aromatic nitrogens is 2. The van der Waals surface area contributed by atoms with Gasteiger partial charge in [0.05, 0.1) is 23.2 Å². The Balaban J connectivity index is 0.924. The van der Waals surface area contributed by atoms with Gasteiger partial charge in [0.2, 0.25) is 11.1 Å². The van der Waals surface area contributed by atoms with Crippen molar-refractivity contribution in [3.8, 4) is 11.5 Å². The molecule has 0 amide bonds. The van der Waals surface area contributed by atoms with Crippen molar-refractivity contribution in [2.24, 2.45) is 0 Å². The van der Waals surface area contributed by atoms with Gasteiger partial charge in [-0.25, -0.2) is 9.59 Å². The number of nitrogens with zero attached hydrogens (tertiary/aromatic N) is 2. The number of ether oxygens (including phenoxy) is 2. The number of hydrogen-bond donors (Lipinski definition) is 4. The van der Waals surface area contributed by atoms with Gasteiger partial charge in [-0.3, -0.25) is 9.59 Å². The number of fused-ring (bicyclic) bond motifs is 4. The summed E-state index contributed by atoms with van der Waals surface area (Å²) in [7, 11) is 0. The summed E-state index contributed by atoms with van der Waals surface area (Å²) in [4.78, 5) is 51.1. The Bertz CT molecular complexity index is 2740. The van der Waals surface area contributed by atoms with Crippen molar-refractivity contribution >= 4 is 33.7 Å². The fraction of sp³-hybridized carbons (Fsp3) is 0.346. The highest BCUT2D eigenvalue weighted by atomic mass is 16.5. The largest absolute Gasteiger partial charge is 0.803 e. The molecule has 0 unspecified atom stereocenters. The van der Waals surface area contributed by atoms with E-state index in [0.717, 1.165) is 75.7 Å². The van der Waals surface area contributed by atoms with Crippen molar-refractivity contribution in [2.75, 3.05) is 13.1 Å². The van der Waals surface area contributed by atoms with E-state index in [2.05, 4.69) is 62.6 Å². The van der Waals surface area contributed by atoms with Crippen LogP contribution in [0.3, 0.4) is 0 Å². The number of benzene rings is 4. The van der Waals surface area contributed by atoms with Crippen LogP contribution in [-0.4, -0.2) is 56.8 Å². The van der Waals surface area contributed by atoms with E-state index in [1.54, 1.807) is 0 Å². The molecule has 0 aliphatic heterocycles. The van der Waals surface area contributed by atoms with Crippen molar-refractivity contribution in [1.82, 2.24) is 20.1 Å². The fourth-order valence-electron chi connectivity index (χ4n) is 9.74. The zero-order valence-electron chi connectivity index (χ0n) is 37.5. The van der Waals surface area contributed by atoms with E-state index in [0.29, 0.717) is 11.1 Å². The maximum Gasteiger partial charge on any atom is 0.336 e. The lowest BCUT2D eigenvalue weighted by atomic mass is 9.97. The number of carbonyl (C=O) groups is 2. The smallest absolute Gasteiger partial charge is 0.336 e. The van der Waals surface area contributed by atoms with Crippen LogP contribution in [-0.2, 0) is 61.0 Å². The zero-order valence-corrected chi connectivity index (χ0v) is 37.5. The van der Waals surface area contributed by atoms with Gasteiger partial charge in [-0.15, -0.1) is 0 Å². The Morgan fingerprint density at radius 1 is 0.591 bits per heavy atom. The third-order valence-corrected chi connectivity index (χ3v) is 13.1. The number of esters is 2. The Morgan fingerprint density at radius 2 is 0.924 bits per heavy atom. The van der Waals surface area contributed by atoms with E-state index >= 15 is 0 Å². The maximum absolute atomic E-state index is 13.1. The molecular formula is C52H54N4O10-2. The molecule has 4 N–H and O–H groups in total. The predicted octanol–water partition coefficient (Wildman–Crippen LogP) is 5.91. The number of carbonyl (C=O) groups excluding carboxylic acids is 2. The third-order valence-electron chi connectivity index (χ3n) is 13.1. The van der Waals surface area contributed by atoms with Crippen LogP contribution in [0, 0.1) is 10.4 Å². The number of hydrogen-bond acceptors (Lipinski definition) is 12. The molecule has 0 radical (unpaired) electrons. The Hall–Kier alpha value is -6.58. The van der Waals surface area contributed by atoms with Gasteiger partial charge in [0.15, 0.2) is 11.5 Å². The van der Waals surface area contributed by atoms with Crippen LogP contribution in [0.5, 0.6) is 11.5 Å². The monoisotopic (exact) mass is 894 g/mol. The topological polar surface area (TPSA) is 207 Å². The van der Waals surface area contributed by atoms with Crippen LogP contribution in [0.1, 0.15) is 95.5 Å². The molecule has 0 saturated heterocycles. The summed E-state index contributed by atoms with van der Waals surface area (Å²) in [5.41, 5.74) is 8.85. The Morgan fingerprint density at radius 3 is 1.24 bits per heavy atom. The van der Waals surface area contributed by atoms with Gasteiger partial charge in [-0.05, 0) is 131 Å². The third kappa shape index (κ3) is 9.27. The van der Waals surface area contributed by atoms with Crippen LogP contribution in [0.15, 0.2) is 94.5 Å². The second-order valence-electron chi connectivity index (χ2n) is 17.2. The number of aliphatic hydroxyl groups is 2. The van der Waals surface area contributed by atoms with Gasteiger partial charge in [0, 0.05) is 60.2 Å². The average molecular weight is 895 g/mol. The van der Waals surface area contributed by atoms with E-state index in [4.69, 9.17) is 9.47 Å². The molecule has 2 aliphatic carbocycles. The molecular weight excluding hydrogens is 841 g/mol. The van der Waals surface area contributed by atoms with E-state index in [1.165, 1.54) is 80.9 Å². The summed E-state index contributed by atoms with van der Waals surface area (Å²) < 4.78 is 11.0. The molecule has 2 atom stereocenters. The van der Waals surface area contributed by atoms with Crippen LogP contribution >= 0.6 is 0 Å². The van der Waals surface area contributed by atoms with Crippen molar-refractivity contribution in [3.05, 3.63) is 172 Å². The molecule has 14 heteroatoms. The molecule has 344 valence electrons. The number of pyridine rings is 2. The quantitative estimate of drug-likeness (QED) is 0.0509. The van der Waals surface area contributed by atoms with Crippen LogP contribution in [0.25, 0.3) is 21.8 Å². The fourth-order valence-corrected chi connectivity index (χ4v) is 9.74. The first-order valence-corrected chi connectivity index (χ1v) is 22.7. The van der Waals surface area contributed by atoms with E-state index in [9.17, 15) is 39.8 Å². The van der Waals surface area contributed by atoms with E-state index in [-0.39, 0.29) is 67.9 Å². The lowest BCUT2D eigenvalue weighted by molar-refractivity contribution is -0.131. The molecule has 2 aliphatic rings. The Labute approximate surface area is 381 Å². The maximum atomic E-state index is 13.1. The van der Waals surface area contributed by atoms with E-state index in [1.807, 2.05) is 0 Å². The minimum Gasteiger partial charge on any atom is -0.803 e. The van der Waals surface area contributed by atoms with Crippen LogP contribution < -0.4 is 31.2 Å². The summed E-state index contributed by atoms with van der Waals surface area (Å²) in [5, 5.41) is 56.2. The van der Waals surface area contributed by atoms with Crippen molar-refractivity contribution in [2.45, 2.75) is 103 Å². The molecule has 0 saturated carbocycles. The van der Waals surface area contributed by atoms with Gasteiger partial charge >= 0.3 is 11.9 Å². The molecule has 66 heavy (non-hydrogen) atoms. The van der Waals surface area contributed by atoms with Gasteiger partial charge < -0.3 is 50.2 Å². The van der Waals surface area contributed by atoms with Crippen LogP contribution in [0.4, 0.5) is 0 Å². The minimum absolute atomic E-state index is 0.0749. The van der Waals surface area contributed by atoms with Crippen molar-refractivity contribution in [1.29, 1.82) is 0 Å². The standard InChI is InChI=1S/C52H54N4O10/c1-5-29-19-33-23-37(24-34(33)20-30(29)6-2)53-27-43(57)39-9-13-45(51-41(39)11-15-47(59)55(51)63)65-49(61)17-18-50(62)66-46-14-10-40(42-12-16-48(60)56(64)52(42)46)44(58)28-54-38-25-35-21-31(7-3)32(8-4)22-36(35)26-38/h9-22,37-38,43-44,53-54,57-58H,5-8,23-28H2,1-4H3/q-2/b18-17-/t43-,44-/m0/s1. The van der Waals surface area contributed by atoms with Gasteiger partial charge in [0.1, 0.15) is 0 Å². The van der Waals surface area contributed by atoms with E-state index < -0.39 is 35.3 Å². The van der Waals surface area contributed by atoms with Gasteiger partial charge in [-0.1, -0.05) is 64.1 Å². The first kappa shape index (κ1) is 46.0. The highest BCUT2D eigenvalue weighted by Gasteiger charge is 2.26. The molecule has 0 bridgehead atoms. The second-order valence-corrected chi connectivity index (χ2v) is 17.2. The van der Waals surface area contributed by atoms with Crippen molar-refractivity contribution in [3.63, 3.8) is 0 Å². The normalized spacial score (nSPS) is 14.8. The lowest BCUT2D eigenvalue weighted by Gasteiger charge is -2.22. The number of rotatable bonds is 16. The molecule has 4 aromatic carbocycles. The molecule has 0 fully saturated rings. The summed E-state index contributed by atoms with van der Waals surface area (Å²) in [6.07, 6.45) is 6.43. The molecule has 8 rings (SSSR count). The zero-order chi connectivity index (χ0) is 46.8.